The zero-order chi connectivity index (χ0) is 18.5. The Balaban J connectivity index is 1.93. The van der Waals surface area contributed by atoms with Crippen molar-refractivity contribution < 1.29 is 13.6 Å². The first-order chi connectivity index (χ1) is 13.1. The molecule has 4 aromatic carbocycles. The van der Waals surface area contributed by atoms with Crippen molar-refractivity contribution in [3.8, 4) is 11.1 Å². The molecule has 4 aromatic rings. The SMILES string of the molecule is O=C1CCCc2c1ccc1c2cc(-c2ccc(F)cc2F)c2ccccc21. The van der Waals surface area contributed by atoms with Gasteiger partial charge >= 0.3 is 0 Å². The van der Waals surface area contributed by atoms with E-state index in [1.165, 1.54) is 12.1 Å². The van der Waals surface area contributed by atoms with Crippen LogP contribution in [0.4, 0.5) is 8.78 Å². The Morgan fingerprint density at radius 3 is 2.22 bits per heavy atom. The smallest absolute Gasteiger partial charge is 0.163 e. The summed E-state index contributed by atoms with van der Waals surface area (Å²) in [4.78, 5) is 12.3. The third kappa shape index (κ3) is 2.46. The van der Waals surface area contributed by atoms with Gasteiger partial charge in [-0.05, 0) is 63.7 Å². The minimum Gasteiger partial charge on any atom is -0.294 e. The minimum atomic E-state index is -0.593. The Hall–Kier alpha value is -3.07. The van der Waals surface area contributed by atoms with Crippen molar-refractivity contribution in [2.24, 2.45) is 0 Å². The maximum Gasteiger partial charge on any atom is 0.163 e. The molecule has 1 nitrogen and oxygen atoms in total. The Labute approximate surface area is 155 Å². The summed E-state index contributed by atoms with van der Waals surface area (Å²) >= 11 is 0. The van der Waals surface area contributed by atoms with E-state index in [0.717, 1.165) is 57.1 Å². The van der Waals surface area contributed by atoms with Crippen LogP contribution in [0.5, 0.6) is 0 Å². The van der Waals surface area contributed by atoms with Crippen molar-refractivity contribution in [1.82, 2.24) is 0 Å². The number of hydrogen-bond acceptors (Lipinski definition) is 1. The molecule has 0 radical (unpaired) electrons. The molecule has 0 bridgehead atoms. The Morgan fingerprint density at radius 1 is 0.667 bits per heavy atom. The van der Waals surface area contributed by atoms with Crippen molar-refractivity contribution in [2.75, 3.05) is 0 Å². The van der Waals surface area contributed by atoms with Gasteiger partial charge in [-0.15, -0.1) is 0 Å². The molecule has 1 aliphatic carbocycles. The predicted octanol–water partition coefficient (Wildman–Crippen LogP) is 6.46. The average molecular weight is 358 g/mol. The van der Waals surface area contributed by atoms with Gasteiger partial charge in [0, 0.05) is 23.6 Å². The molecule has 132 valence electrons. The largest absolute Gasteiger partial charge is 0.294 e. The molecular weight excluding hydrogens is 342 g/mol. The van der Waals surface area contributed by atoms with Gasteiger partial charge < -0.3 is 0 Å². The maximum absolute atomic E-state index is 14.6. The summed E-state index contributed by atoms with van der Waals surface area (Å²) < 4.78 is 28.0. The van der Waals surface area contributed by atoms with Gasteiger partial charge in [-0.2, -0.15) is 0 Å². The van der Waals surface area contributed by atoms with Crippen molar-refractivity contribution >= 4 is 27.3 Å². The van der Waals surface area contributed by atoms with E-state index in [-0.39, 0.29) is 5.78 Å². The first-order valence-corrected chi connectivity index (χ1v) is 9.09. The van der Waals surface area contributed by atoms with E-state index in [2.05, 4.69) is 0 Å². The molecule has 0 saturated heterocycles. The van der Waals surface area contributed by atoms with Gasteiger partial charge in [-0.25, -0.2) is 8.78 Å². The van der Waals surface area contributed by atoms with E-state index in [1.54, 1.807) is 0 Å². The van der Waals surface area contributed by atoms with Crippen LogP contribution in [0.2, 0.25) is 0 Å². The number of aryl methyl sites for hydroxylation is 1. The van der Waals surface area contributed by atoms with Crippen LogP contribution in [0.1, 0.15) is 28.8 Å². The Morgan fingerprint density at radius 2 is 1.41 bits per heavy atom. The van der Waals surface area contributed by atoms with Crippen LogP contribution < -0.4 is 0 Å². The fourth-order valence-electron chi connectivity index (χ4n) is 4.26. The molecule has 0 heterocycles. The van der Waals surface area contributed by atoms with Gasteiger partial charge in [-0.3, -0.25) is 4.79 Å². The van der Waals surface area contributed by atoms with Gasteiger partial charge in [-0.1, -0.05) is 36.4 Å². The van der Waals surface area contributed by atoms with Crippen LogP contribution in [-0.4, -0.2) is 5.78 Å². The highest BCUT2D eigenvalue weighted by atomic mass is 19.1. The van der Waals surface area contributed by atoms with Gasteiger partial charge in [0.1, 0.15) is 11.6 Å². The normalized spacial score (nSPS) is 13.9. The number of fused-ring (bicyclic) bond motifs is 5. The maximum atomic E-state index is 14.6. The second kappa shape index (κ2) is 5.98. The molecule has 0 saturated carbocycles. The monoisotopic (exact) mass is 358 g/mol. The highest BCUT2D eigenvalue weighted by molar-refractivity contribution is 6.16. The van der Waals surface area contributed by atoms with Crippen LogP contribution in [0.3, 0.4) is 0 Å². The average Bonchev–Trinajstić information content (AvgIpc) is 2.68. The van der Waals surface area contributed by atoms with Gasteiger partial charge in [0.05, 0.1) is 0 Å². The standard InChI is InChI=1S/C24H16F2O/c25-14-8-9-19(23(26)12-14)22-13-21-17-6-3-7-24(27)20(17)11-10-18(21)15-4-1-2-5-16(15)22/h1-2,4-5,8-13H,3,6-7H2. The lowest BCUT2D eigenvalue weighted by Gasteiger charge is -2.19. The first kappa shape index (κ1) is 16.1. The quantitative estimate of drug-likeness (QED) is 0.357. The van der Waals surface area contributed by atoms with Crippen LogP contribution in [0, 0.1) is 11.6 Å². The molecule has 0 atom stereocenters. The number of benzene rings is 4. The van der Waals surface area contributed by atoms with Crippen LogP contribution in [0.15, 0.2) is 60.7 Å². The number of hydrogen-bond donors (Lipinski definition) is 0. The highest BCUT2D eigenvalue weighted by Crippen LogP contribution is 2.39. The van der Waals surface area contributed by atoms with Crippen LogP contribution in [0.25, 0.3) is 32.7 Å². The molecule has 0 aliphatic heterocycles. The van der Waals surface area contributed by atoms with Gasteiger partial charge in [0.25, 0.3) is 0 Å². The van der Waals surface area contributed by atoms with Crippen molar-refractivity contribution in [2.45, 2.75) is 19.3 Å². The minimum absolute atomic E-state index is 0.167. The molecule has 0 spiro atoms. The van der Waals surface area contributed by atoms with E-state index < -0.39 is 11.6 Å². The topological polar surface area (TPSA) is 17.1 Å². The second-order valence-corrected chi connectivity index (χ2v) is 7.06. The molecular formula is C24H16F2O. The summed E-state index contributed by atoms with van der Waals surface area (Å²) in [5.41, 5.74) is 2.91. The predicted molar refractivity (Wildman–Crippen MR) is 104 cm³/mol. The number of carbonyl (C=O) groups excluding carboxylic acids is 1. The van der Waals surface area contributed by atoms with Crippen molar-refractivity contribution in [3.63, 3.8) is 0 Å². The lowest BCUT2D eigenvalue weighted by atomic mass is 9.84. The zero-order valence-electron chi connectivity index (χ0n) is 14.6. The zero-order valence-corrected chi connectivity index (χ0v) is 14.6. The summed E-state index contributed by atoms with van der Waals surface area (Å²) in [7, 11) is 0. The van der Waals surface area contributed by atoms with Gasteiger partial charge in [0.2, 0.25) is 0 Å². The lowest BCUT2D eigenvalue weighted by Crippen LogP contribution is -2.11. The molecule has 1 aliphatic rings. The fourth-order valence-corrected chi connectivity index (χ4v) is 4.26. The summed E-state index contributed by atoms with van der Waals surface area (Å²) in [6, 6.07) is 17.4. The van der Waals surface area contributed by atoms with E-state index in [0.29, 0.717) is 12.0 Å². The molecule has 0 unspecified atom stereocenters. The molecule has 3 heteroatoms. The molecule has 0 aromatic heterocycles. The van der Waals surface area contributed by atoms with Crippen molar-refractivity contribution in [3.05, 3.63) is 83.4 Å². The van der Waals surface area contributed by atoms with E-state index in [1.807, 2.05) is 42.5 Å². The molecule has 27 heavy (non-hydrogen) atoms. The van der Waals surface area contributed by atoms with Gasteiger partial charge in [0.15, 0.2) is 5.78 Å². The van der Waals surface area contributed by atoms with E-state index >= 15 is 0 Å². The molecule has 0 fully saturated rings. The number of halogens is 2. The molecule has 0 N–H and O–H groups in total. The van der Waals surface area contributed by atoms with Crippen LogP contribution in [-0.2, 0) is 6.42 Å². The fraction of sp³-hybridized carbons (Fsp3) is 0.125. The molecule has 5 rings (SSSR count). The highest BCUT2D eigenvalue weighted by Gasteiger charge is 2.21. The third-order valence-corrected chi connectivity index (χ3v) is 5.51. The molecule has 0 amide bonds. The Kier molecular flexibility index (Phi) is 3.57. The van der Waals surface area contributed by atoms with Crippen LogP contribution >= 0.6 is 0 Å². The second-order valence-electron chi connectivity index (χ2n) is 7.06. The summed E-state index contributed by atoms with van der Waals surface area (Å²) in [6.07, 6.45) is 2.24. The number of carbonyl (C=O) groups is 1. The summed E-state index contributed by atoms with van der Waals surface area (Å²) in [5.74, 6) is -1.01. The number of Topliss-reactive ketones (excluding diaryl/α,β-unsaturated/α-hetero) is 1. The first-order valence-electron chi connectivity index (χ1n) is 9.09. The summed E-state index contributed by atoms with van der Waals surface area (Å²) in [6.45, 7) is 0. The van der Waals surface area contributed by atoms with Crippen molar-refractivity contribution in [1.29, 1.82) is 0 Å². The van der Waals surface area contributed by atoms with E-state index in [4.69, 9.17) is 0 Å². The number of ketones is 1. The van der Waals surface area contributed by atoms with E-state index in [9.17, 15) is 13.6 Å². The lowest BCUT2D eigenvalue weighted by molar-refractivity contribution is 0.0973. The number of rotatable bonds is 1. The third-order valence-electron chi connectivity index (χ3n) is 5.51. The summed E-state index contributed by atoms with van der Waals surface area (Å²) in [5, 5.41) is 3.97. The Bertz CT molecular complexity index is 1240.